The van der Waals surface area contributed by atoms with E-state index in [1.165, 1.54) is 0 Å². The molecule has 0 saturated carbocycles. The summed E-state index contributed by atoms with van der Waals surface area (Å²) in [5.74, 6) is 1.12. The smallest absolute Gasteiger partial charge is 0.240 e. The van der Waals surface area contributed by atoms with Gasteiger partial charge in [-0.2, -0.15) is 10.2 Å². The van der Waals surface area contributed by atoms with E-state index < -0.39 is 0 Å². The van der Waals surface area contributed by atoms with Crippen molar-refractivity contribution in [2.24, 2.45) is 10.2 Å². The van der Waals surface area contributed by atoms with Crippen molar-refractivity contribution in [2.75, 3.05) is 14.2 Å². The van der Waals surface area contributed by atoms with Crippen LogP contribution in [-0.2, 0) is 9.59 Å². The molecule has 2 rings (SSSR count). The summed E-state index contributed by atoms with van der Waals surface area (Å²) in [6, 6.07) is 14.6. The first-order valence-corrected chi connectivity index (χ1v) is 9.52. The quantitative estimate of drug-likeness (QED) is 0.338. The van der Waals surface area contributed by atoms with Crippen LogP contribution >= 0.6 is 0 Å². The Morgan fingerprint density at radius 1 is 0.733 bits per heavy atom. The minimum absolute atomic E-state index is 0.197. The maximum absolute atomic E-state index is 11.8. The Morgan fingerprint density at radius 3 is 1.43 bits per heavy atom. The Bertz CT molecular complexity index is 788. The highest BCUT2D eigenvalue weighted by Gasteiger charge is 2.03. The third-order valence-electron chi connectivity index (χ3n) is 4.10. The lowest BCUT2D eigenvalue weighted by Gasteiger charge is -2.02. The maximum atomic E-state index is 11.8. The number of rotatable bonds is 11. The van der Waals surface area contributed by atoms with Crippen molar-refractivity contribution in [1.29, 1.82) is 0 Å². The number of unbranched alkanes of at least 4 members (excludes halogenated alkanes) is 1. The second kappa shape index (κ2) is 12.7. The van der Waals surface area contributed by atoms with E-state index in [4.69, 9.17) is 9.47 Å². The molecule has 0 aliphatic rings. The number of methoxy groups -OCH3 is 2. The molecule has 0 unspecified atom stereocenters. The Hall–Kier alpha value is -3.68. The van der Waals surface area contributed by atoms with Gasteiger partial charge in [-0.15, -0.1) is 0 Å². The van der Waals surface area contributed by atoms with Crippen molar-refractivity contribution in [3.05, 3.63) is 59.7 Å². The molecular weight excluding hydrogens is 384 g/mol. The number of hydrogen-bond donors (Lipinski definition) is 2. The van der Waals surface area contributed by atoms with Crippen molar-refractivity contribution < 1.29 is 19.1 Å². The van der Waals surface area contributed by atoms with E-state index in [0.29, 0.717) is 25.7 Å². The first kappa shape index (κ1) is 22.6. The third-order valence-corrected chi connectivity index (χ3v) is 4.10. The predicted octanol–water partition coefficient (Wildman–Crippen LogP) is 2.86. The van der Waals surface area contributed by atoms with Crippen LogP contribution in [-0.4, -0.2) is 38.5 Å². The topological polar surface area (TPSA) is 101 Å². The number of hydrogen-bond acceptors (Lipinski definition) is 6. The van der Waals surface area contributed by atoms with E-state index in [0.717, 1.165) is 22.6 Å². The van der Waals surface area contributed by atoms with Crippen LogP contribution in [0.4, 0.5) is 0 Å². The Kier molecular flexibility index (Phi) is 9.58. The fraction of sp³-hybridized carbons (Fsp3) is 0.273. The molecule has 0 fully saturated rings. The summed E-state index contributed by atoms with van der Waals surface area (Å²) in [5, 5.41) is 7.84. The first-order chi connectivity index (χ1) is 14.6. The molecule has 0 atom stereocenters. The van der Waals surface area contributed by atoms with Gasteiger partial charge in [0.1, 0.15) is 11.5 Å². The summed E-state index contributed by atoms with van der Waals surface area (Å²) >= 11 is 0. The zero-order valence-corrected chi connectivity index (χ0v) is 17.1. The molecule has 30 heavy (non-hydrogen) atoms. The van der Waals surface area contributed by atoms with Crippen LogP contribution in [0.5, 0.6) is 11.5 Å². The molecule has 2 N–H and O–H groups in total. The van der Waals surface area contributed by atoms with E-state index in [2.05, 4.69) is 21.1 Å². The fourth-order valence-electron chi connectivity index (χ4n) is 2.42. The van der Waals surface area contributed by atoms with Gasteiger partial charge in [-0.25, -0.2) is 10.9 Å². The average molecular weight is 410 g/mol. The monoisotopic (exact) mass is 410 g/mol. The normalized spacial score (nSPS) is 10.9. The lowest BCUT2D eigenvalue weighted by Crippen LogP contribution is -2.19. The summed E-state index contributed by atoms with van der Waals surface area (Å²) in [6.45, 7) is 0. The highest BCUT2D eigenvalue weighted by molar-refractivity contribution is 5.83. The minimum atomic E-state index is -0.197. The molecule has 0 saturated heterocycles. The molecule has 2 aromatic rings. The van der Waals surface area contributed by atoms with Gasteiger partial charge < -0.3 is 9.47 Å². The van der Waals surface area contributed by atoms with Gasteiger partial charge in [0.25, 0.3) is 0 Å². The van der Waals surface area contributed by atoms with Crippen LogP contribution in [0.3, 0.4) is 0 Å². The predicted molar refractivity (Wildman–Crippen MR) is 116 cm³/mol. The molecule has 0 bridgehead atoms. The molecular formula is C22H26N4O4. The van der Waals surface area contributed by atoms with E-state index >= 15 is 0 Å². The van der Waals surface area contributed by atoms with Gasteiger partial charge in [0, 0.05) is 12.8 Å². The zero-order valence-electron chi connectivity index (χ0n) is 17.1. The van der Waals surface area contributed by atoms with E-state index in [1.807, 2.05) is 48.5 Å². The molecule has 0 aromatic heterocycles. The highest BCUT2D eigenvalue weighted by atomic mass is 16.5. The summed E-state index contributed by atoms with van der Waals surface area (Å²) in [6.07, 6.45) is 4.88. The van der Waals surface area contributed by atoms with Gasteiger partial charge in [-0.1, -0.05) is 0 Å². The van der Waals surface area contributed by atoms with Crippen LogP contribution in [0.2, 0.25) is 0 Å². The number of hydrazone groups is 2. The SMILES string of the molecule is COc1ccc(/C=N\NC(=O)CCCCC(=O)N/N=C\c2ccc(OC)cc2)cc1. The largest absolute Gasteiger partial charge is 0.497 e. The van der Waals surface area contributed by atoms with Crippen LogP contribution in [0.1, 0.15) is 36.8 Å². The number of nitrogens with one attached hydrogen (secondary N) is 2. The van der Waals surface area contributed by atoms with Gasteiger partial charge in [0.15, 0.2) is 0 Å². The minimum Gasteiger partial charge on any atom is -0.497 e. The molecule has 0 radical (unpaired) electrons. The van der Waals surface area contributed by atoms with Crippen LogP contribution < -0.4 is 20.3 Å². The van der Waals surface area contributed by atoms with Crippen molar-refractivity contribution in [3.63, 3.8) is 0 Å². The van der Waals surface area contributed by atoms with Gasteiger partial charge >= 0.3 is 0 Å². The number of nitrogens with zero attached hydrogens (tertiary/aromatic N) is 2. The summed E-state index contributed by atoms with van der Waals surface area (Å²) < 4.78 is 10.2. The lowest BCUT2D eigenvalue weighted by molar-refractivity contribution is -0.123. The third kappa shape index (κ3) is 8.55. The molecule has 2 aromatic carbocycles. The van der Waals surface area contributed by atoms with Crippen LogP contribution in [0, 0.1) is 0 Å². The van der Waals surface area contributed by atoms with Gasteiger partial charge in [0.05, 0.1) is 26.6 Å². The van der Waals surface area contributed by atoms with Crippen molar-refractivity contribution in [2.45, 2.75) is 25.7 Å². The number of benzene rings is 2. The second-order valence-electron chi connectivity index (χ2n) is 6.34. The Morgan fingerprint density at radius 2 is 1.10 bits per heavy atom. The molecule has 0 spiro atoms. The number of carbonyl (C=O) groups is 2. The first-order valence-electron chi connectivity index (χ1n) is 9.52. The van der Waals surface area contributed by atoms with Crippen molar-refractivity contribution in [3.8, 4) is 11.5 Å². The number of amides is 2. The van der Waals surface area contributed by atoms with E-state index in [-0.39, 0.29) is 11.8 Å². The number of ether oxygens (including phenoxy) is 2. The molecule has 0 heterocycles. The number of carbonyl (C=O) groups excluding carboxylic acids is 2. The highest BCUT2D eigenvalue weighted by Crippen LogP contribution is 2.10. The molecule has 8 nitrogen and oxygen atoms in total. The van der Waals surface area contributed by atoms with Crippen molar-refractivity contribution >= 4 is 24.2 Å². The lowest BCUT2D eigenvalue weighted by atomic mass is 10.2. The van der Waals surface area contributed by atoms with Gasteiger partial charge in [-0.05, 0) is 72.5 Å². The van der Waals surface area contributed by atoms with Gasteiger partial charge in [0.2, 0.25) is 11.8 Å². The Labute approximate surface area is 176 Å². The summed E-state index contributed by atoms with van der Waals surface area (Å²) in [5.41, 5.74) is 6.65. The second-order valence-corrected chi connectivity index (χ2v) is 6.34. The van der Waals surface area contributed by atoms with E-state index in [9.17, 15) is 9.59 Å². The fourth-order valence-corrected chi connectivity index (χ4v) is 2.42. The summed E-state index contributed by atoms with van der Waals surface area (Å²) in [4.78, 5) is 23.6. The van der Waals surface area contributed by atoms with Crippen molar-refractivity contribution in [1.82, 2.24) is 10.9 Å². The molecule has 158 valence electrons. The summed E-state index contributed by atoms with van der Waals surface area (Å²) in [7, 11) is 3.20. The van der Waals surface area contributed by atoms with Crippen LogP contribution in [0.15, 0.2) is 58.7 Å². The van der Waals surface area contributed by atoms with E-state index in [1.54, 1.807) is 26.6 Å². The average Bonchev–Trinajstić information content (AvgIpc) is 2.77. The molecule has 8 heteroatoms. The van der Waals surface area contributed by atoms with Gasteiger partial charge in [-0.3, -0.25) is 9.59 Å². The molecule has 0 aliphatic heterocycles. The molecule has 0 aliphatic carbocycles. The zero-order chi connectivity index (χ0) is 21.6. The standard InChI is InChI=1S/C22H26N4O4/c1-29-19-11-7-17(8-12-19)15-23-25-21(27)5-3-4-6-22(28)26-24-16-18-9-13-20(30-2)14-10-18/h7-16H,3-6H2,1-2H3,(H,25,27)(H,26,28)/b23-15-,24-16-. The molecule has 2 amide bonds. The van der Waals surface area contributed by atoms with Crippen LogP contribution in [0.25, 0.3) is 0 Å². The maximum Gasteiger partial charge on any atom is 0.240 e. The Balaban J connectivity index is 1.58.